The van der Waals surface area contributed by atoms with Crippen LogP contribution in [-0.4, -0.2) is 33.6 Å². The maximum Gasteiger partial charge on any atom is 0.315 e. The number of aliphatic hydroxyl groups is 1. The lowest BCUT2D eigenvalue weighted by Crippen LogP contribution is -2.42. The number of amides is 2. The van der Waals surface area contributed by atoms with E-state index in [1.165, 1.54) is 0 Å². The third-order valence-electron chi connectivity index (χ3n) is 3.07. The number of aromatic nitrogens is 2. The molecule has 1 atom stereocenters. The molecular weight excluding hydrogens is 244 g/mol. The van der Waals surface area contributed by atoms with Gasteiger partial charge in [0, 0.05) is 38.0 Å². The predicted molar refractivity (Wildman–Crippen MR) is 73.7 cm³/mol. The number of hydrogen-bond donors (Lipinski definition) is 3. The molecule has 2 amide bonds. The number of aryl methyl sites for hydroxylation is 2. The number of carbonyl (C=O) groups excluding carboxylic acids is 1. The monoisotopic (exact) mass is 268 g/mol. The van der Waals surface area contributed by atoms with Crippen molar-refractivity contribution in [2.24, 2.45) is 7.05 Å². The molecule has 3 N–H and O–H groups in total. The van der Waals surface area contributed by atoms with Crippen molar-refractivity contribution in [3.8, 4) is 0 Å². The number of aliphatic hydroxyl groups excluding tert-OH is 1. The molecule has 0 aromatic carbocycles. The van der Waals surface area contributed by atoms with Crippen LogP contribution in [0.1, 0.15) is 37.9 Å². The van der Waals surface area contributed by atoms with Crippen molar-refractivity contribution >= 4 is 6.03 Å². The standard InChI is InChI=1S/C13H24N4O2/c1-4-11(6-7-18)15-13(19)14-8-10-9-17(3)16-12(10)5-2/h9,11,18H,4-8H2,1-3H3,(H2,14,15,19). The molecule has 0 fully saturated rings. The summed E-state index contributed by atoms with van der Waals surface area (Å²) >= 11 is 0. The Morgan fingerprint density at radius 1 is 1.53 bits per heavy atom. The summed E-state index contributed by atoms with van der Waals surface area (Å²) < 4.78 is 1.76. The van der Waals surface area contributed by atoms with Gasteiger partial charge in [0.15, 0.2) is 0 Å². The highest BCUT2D eigenvalue weighted by molar-refractivity contribution is 5.74. The summed E-state index contributed by atoms with van der Waals surface area (Å²) in [6, 6.07) is -0.184. The van der Waals surface area contributed by atoms with E-state index in [2.05, 4.69) is 15.7 Å². The molecule has 0 aliphatic heterocycles. The summed E-state index contributed by atoms with van der Waals surface area (Å²) in [6.07, 6.45) is 4.16. The molecule has 0 spiro atoms. The molecule has 6 nitrogen and oxygen atoms in total. The van der Waals surface area contributed by atoms with Crippen LogP contribution >= 0.6 is 0 Å². The van der Waals surface area contributed by atoms with E-state index in [1.54, 1.807) is 4.68 Å². The molecule has 0 saturated heterocycles. The number of urea groups is 1. The normalized spacial score (nSPS) is 12.2. The van der Waals surface area contributed by atoms with Crippen molar-refractivity contribution in [3.63, 3.8) is 0 Å². The number of hydrogen-bond acceptors (Lipinski definition) is 3. The lowest BCUT2D eigenvalue weighted by molar-refractivity contribution is 0.227. The molecule has 1 heterocycles. The molecule has 0 aliphatic carbocycles. The SMILES string of the molecule is CCc1nn(C)cc1CNC(=O)NC(CC)CCO. The van der Waals surface area contributed by atoms with E-state index in [0.29, 0.717) is 13.0 Å². The average molecular weight is 268 g/mol. The van der Waals surface area contributed by atoms with Gasteiger partial charge in [-0.15, -0.1) is 0 Å². The topological polar surface area (TPSA) is 79.2 Å². The van der Waals surface area contributed by atoms with Crippen LogP contribution in [0.25, 0.3) is 0 Å². The van der Waals surface area contributed by atoms with E-state index in [4.69, 9.17) is 5.11 Å². The Balaban J connectivity index is 2.45. The summed E-state index contributed by atoms with van der Waals surface area (Å²) in [5.74, 6) is 0. The highest BCUT2D eigenvalue weighted by Gasteiger charge is 2.11. The van der Waals surface area contributed by atoms with E-state index in [0.717, 1.165) is 24.1 Å². The Morgan fingerprint density at radius 2 is 2.26 bits per heavy atom. The third kappa shape index (κ3) is 4.90. The largest absolute Gasteiger partial charge is 0.396 e. The molecule has 19 heavy (non-hydrogen) atoms. The second-order valence-electron chi connectivity index (χ2n) is 4.57. The van der Waals surface area contributed by atoms with Gasteiger partial charge < -0.3 is 15.7 Å². The van der Waals surface area contributed by atoms with Crippen molar-refractivity contribution in [1.29, 1.82) is 0 Å². The Kier molecular flexibility index (Phi) is 6.35. The quantitative estimate of drug-likeness (QED) is 0.688. The molecule has 0 saturated carbocycles. The fourth-order valence-corrected chi connectivity index (χ4v) is 1.98. The van der Waals surface area contributed by atoms with Crippen LogP contribution in [0.5, 0.6) is 0 Å². The molecule has 6 heteroatoms. The van der Waals surface area contributed by atoms with E-state index in [1.807, 2.05) is 27.1 Å². The minimum Gasteiger partial charge on any atom is -0.396 e. The number of carbonyl (C=O) groups is 1. The zero-order valence-electron chi connectivity index (χ0n) is 11.9. The second-order valence-corrected chi connectivity index (χ2v) is 4.57. The summed E-state index contributed by atoms with van der Waals surface area (Å²) in [5, 5.41) is 18.9. The van der Waals surface area contributed by atoms with Crippen LogP contribution in [-0.2, 0) is 20.0 Å². The van der Waals surface area contributed by atoms with E-state index < -0.39 is 0 Å². The molecular formula is C13H24N4O2. The molecule has 1 unspecified atom stereocenters. The van der Waals surface area contributed by atoms with Crippen LogP contribution in [0.4, 0.5) is 4.79 Å². The first-order valence-electron chi connectivity index (χ1n) is 6.77. The lowest BCUT2D eigenvalue weighted by Gasteiger charge is -2.16. The van der Waals surface area contributed by atoms with Gasteiger partial charge >= 0.3 is 6.03 Å². The minimum absolute atomic E-state index is 0.0181. The van der Waals surface area contributed by atoms with Gasteiger partial charge in [-0.1, -0.05) is 13.8 Å². The first kappa shape index (κ1) is 15.5. The number of nitrogens with zero attached hydrogens (tertiary/aromatic N) is 2. The summed E-state index contributed by atoms with van der Waals surface area (Å²) in [7, 11) is 1.87. The van der Waals surface area contributed by atoms with Crippen LogP contribution in [0.3, 0.4) is 0 Å². The van der Waals surface area contributed by atoms with E-state index in [9.17, 15) is 4.79 Å². The van der Waals surface area contributed by atoms with Crippen LogP contribution < -0.4 is 10.6 Å². The second kappa shape index (κ2) is 7.78. The average Bonchev–Trinajstić information content (AvgIpc) is 2.76. The first-order chi connectivity index (χ1) is 9.10. The Bertz CT molecular complexity index is 403. The smallest absolute Gasteiger partial charge is 0.315 e. The molecule has 0 radical (unpaired) electrons. The highest BCUT2D eigenvalue weighted by Crippen LogP contribution is 2.06. The van der Waals surface area contributed by atoms with Gasteiger partial charge in [0.2, 0.25) is 0 Å². The maximum atomic E-state index is 11.7. The number of rotatable bonds is 7. The van der Waals surface area contributed by atoms with Gasteiger partial charge in [-0.3, -0.25) is 4.68 Å². The third-order valence-corrected chi connectivity index (χ3v) is 3.07. The summed E-state index contributed by atoms with van der Waals surface area (Å²) in [5.41, 5.74) is 2.04. The van der Waals surface area contributed by atoms with Crippen molar-refractivity contribution in [1.82, 2.24) is 20.4 Å². The van der Waals surface area contributed by atoms with Crippen LogP contribution in [0.15, 0.2) is 6.20 Å². The van der Waals surface area contributed by atoms with Crippen LogP contribution in [0, 0.1) is 0 Å². The zero-order valence-corrected chi connectivity index (χ0v) is 11.9. The molecule has 108 valence electrons. The molecule has 1 aromatic heterocycles. The van der Waals surface area contributed by atoms with E-state index >= 15 is 0 Å². The molecule has 0 aliphatic rings. The fraction of sp³-hybridized carbons (Fsp3) is 0.692. The van der Waals surface area contributed by atoms with Gasteiger partial charge in [-0.2, -0.15) is 5.10 Å². The van der Waals surface area contributed by atoms with Crippen LogP contribution in [0.2, 0.25) is 0 Å². The van der Waals surface area contributed by atoms with Gasteiger partial charge in [-0.05, 0) is 19.3 Å². The molecule has 1 rings (SSSR count). The van der Waals surface area contributed by atoms with Crippen molar-refractivity contribution in [2.75, 3.05) is 6.61 Å². The van der Waals surface area contributed by atoms with Crippen molar-refractivity contribution < 1.29 is 9.90 Å². The number of nitrogens with one attached hydrogen (secondary N) is 2. The maximum absolute atomic E-state index is 11.7. The van der Waals surface area contributed by atoms with Crippen molar-refractivity contribution in [2.45, 2.75) is 45.7 Å². The lowest BCUT2D eigenvalue weighted by atomic mass is 10.1. The molecule has 0 bridgehead atoms. The van der Waals surface area contributed by atoms with E-state index in [-0.39, 0.29) is 18.7 Å². The minimum atomic E-state index is -0.203. The van der Waals surface area contributed by atoms with Gasteiger partial charge in [0.05, 0.1) is 5.69 Å². The molecule has 1 aromatic rings. The van der Waals surface area contributed by atoms with Gasteiger partial charge in [0.25, 0.3) is 0 Å². The Morgan fingerprint density at radius 3 is 2.84 bits per heavy atom. The van der Waals surface area contributed by atoms with Gasteiger partial charge in [0.1, 0.15) is 0 Å². The predicted octanol–water partition coefficient (Wildman–Crippen LogP) is 0.943. The Labute approximate surface area is 114 Å². The summed E-state index contributed by atoms with van der Waals surface area (Å²) in [4.78, 5) is 11.7. The van der Waals surface area contributed by atoms with Crippen molar-refractivity contribution in [3.05, 3.63) is 17.5 Å². The highest BCUT2D eigenvalue weighted by atomic mass is 16.3. The first-order valence-corrected chi connectivity index (χ1v) is 6.77. The zero-order chi connectivity index (χ0) is 14.3. The Hall–Kier alpha value is -1.56. The van der Waals surface area contributed by atoms with Gasteiger partial charge in [-0.25, -0.2) is 4.79 Å². The summed E-state index contributed by atoms with van der Waals surface area (Å²) in [6.45, 7) is 4.58. The fourth-order valence-electron chi connectivity index (χ4n) is 1.98.